The van der Waals surface area contributed by atoms with Crippen molar-refractivity contribution in [1.29, 1.82) is 0 Å². The predicted octanol–water partition coefficient (Wildman–Crippen LogP) is 2.68. The van der Waals surface area contributed by atoms with E-state index in [2.05, 4.69) is 4.90 Å². The van der Waals surface area contributed by atoms with Crippen LogP contribution >= 0.6 is 11.3 Å². The van der Waals surface area contributed by atoms with Gasteiger partial charge in [-0.1, -0.05) is 0 Å². The molecule has 0 spiro atoms. The Kier molecular flexibility index (Phi) is 5.24. The lowest BCUT2D eigenvalue weighted by atomic mass is 10.1. The van der Waals surface area contributed by atoms with Crippen LogP contribution in [0.1, 0.15) is 15.3 Å². The molecular formula is C20H22N2O5S2. The summed E-state index contributed by atoms with van der Waals surface area (Å²) >= 11 is 1.49. The van der Waals surface area contributed by atoms with Crippen LogP contribution in [0.4, 0.5) is 0 Å². The maximum absolute atomic E-state index is 13.0. The van der Waals surface area contributed by atoms with Gasteiger partial charge in [-0.05, 0) is 37.6 Å². The summed E-state index contributed by atoms with van der Waals surface area (Å²) in [5.74, 6) is 0.0376. The molecule has 0 radical (unpaired) electrons. The van der Waals surface area contributed by atoms with Crippen LogP contribution in [0, 0.1) is 13.8 Å². The minimum absolute atomic E-state index is 0.0376. The summed E-state index contributed by atoms with van der Waals surface area (Å²) in [4.78, 5) is 16.2. The SMILES string of the molecule is Cc1cc(S(=O)(=O)N2CCN(Cc3cc(=O)oc4cc(O)ccc34)CC2)c(C)s1. The molecule has 1 aliphatic rings. The number of nitrogens with zero attached hydrogens (tertiary/aromatic N) is 2. The third kappa shape index (κ3) is 3.95. The summed E-state index contributed by atoms with van der Waals surface area (Å²) in [5.41, 5.74) is 0.677. The van der Waals surface area contributed by atoms with Crippen LogP contribution in [-0.4, -0.2) is 48.9 Å². The molecule has 0 unspecified atom stereocenters. The molecule has 0 amide bonds. The average Bonchev–Trinajstić information content (AvgIpc) is 3.00. The highest BCUT2D eigenvalue weighted by atomic mass is 32.2. The number of hydrogen-bond donors (Lipinski definition) is 1. The number of thiophene rings is 1. The fourth-order valence-electron chi connectivity index (χ4n) is 3.72. The number of rotatable bonds is 4. The van der Waals surface area contributed by atoms with Gasteiger partial charge in [0.1, 0.15) is 11.3 Å². The van der Waals surface area contributed by atoms with E-state index in [1.807, 2.05) is 13.8 Å². The van der Waals surface area contributed by atoms with E-state index in [1.54, 1.807) is 18.2 Å². The second-order valence-corrected chi connectivity index (χ2v) is 10.6. The zero-order chi connectivity index (χ0) is 20.8. The van der Waals surface area contributed by atoms with E-state index < -0.39 is 15.6 Å². The predicted molar refractivity (Wildman–Crippen MR) is 112 cm³/mol. The van der Waals surface area contributed by atoms with Crippen LogP contribution in [0.25, 0.3) is 11.0 Å². The van der Waals surface area contributed by atoms with Gasteiger partial charge in [-0.25, -0.2) is 13.2 Å². The van der Waals surface area contributed by atoms with Crippen molar-refractivity contribution in [1.82, 2.24) is 9.21 Å². The van der Waals surface area contributed by atoms with E-state index in [4.69, 9.17) is 4.42 Å². The minimum atomic E-state index is -3.49. The van der Waals surface area contributed by atoms with E-state index in [0.29, 0.717) is 43.2 Å². The van der Waals surface area contributed by atoms with Gasteiger partial charge in [0.15, 0.2) is 0 Å². The summed E-state index contributed by atoms with van der Waals surface area (Å²) in [7, 11) is -3.49. The molecule has 0 saturated carbocycles. The number of aryl methyl sites for hydroxylation is 2. The van der Waals surface area contributed by atoms with Crippen molar-refractivity contribution in [2.75, 3.05) is 26.2 Å². The van der Waals surface area contributed by atoms with E-state index in [0.717, 1.165) is 20.7 Å². The molecule has 3 heterocycles. The molecule has 4 rings (SSSR count). The van der Waals surface area contributed by atoms with E-state index in [-0.39, 0.29) is 5.75 Å². The Morgan fingerprint density at radius 3 is 2.48 bits per heavy atom. The first-order valence-electron chi connectivity index (χ1n) is 9.29. The van der Waals surface area contributed by atoms with Crippen molar-refractivity contribution in [3.8, 4) is 5.75 Å². The van der Waals surface area contributed by atoms with Crippen LogP contribution in [0.2, 0.25) is 0 Å². The van der Waals surface area contributed by atoms with Crippen LogP contribution in [-0.2, 0) is 16.6 Å². The third-order valence-electron chi connectivity index (χ3n) is 5.15. The fraction of sp³-hybridized carbons (Fsp3) is 0.350. The lowest BCUT2D eigenvalue weighted by molar-refractivity contribution is 0.182. The number of fused-ring (bicyclic) bond motifs is 1. The van der Waals surface area contributed by atoms with Gasteiger partial charge in [-0.15, -0.1) is 11.3 Å². The number of piperazine rings is 1. The van der Waals surface area contributed by atoms with Crippen LogP contribution in [0.15, 0.2) is 44.4 Å². The van der Waals surface area contributed by atoms with Crippen molar-refractivity contribution < 1.29 is 17.9 Å². The molecule has 0 bridgehead atoms. The van der Waals surface area contributed by atoms with E-state index in [1.165, 1.54) is 27.8 Å². The monoisotopic (exact) mass is 434 g/mol. The second kappa shape index (κ2) is 7.56. The van der Waals surface area contributed by atoms with Crippen LogP contribution < -0.4 is 5.63 Å². The van der Waals surface area contributed by atoms with E-state index >= 15 is 0 Å². The van der Waals surface area contributed by atoms with Crippen molar-refractivity contribution in [2.45, 2.75) is 25.3 Å². The van der Waals surface area contributed by atoms with Gasteiger partial charge in [0.25, 0.3) is 0 Å². The molecular weight excluding hydrogens is 412 g/mol. The Balaban J connectivity index is 1.50. The van der Waals surface area contributed by atoms with Gasteiger partial charge in [0, 0.05) is 60.0 Å². The zero-order valence-corrected chi connectivity index (χ0v) is 17.8. The maximum atomic E-state index is 13.0. The van der Waals surface area contributed by atoms with Crippen molar-refractivity contribution >= 4 is 32.3 Å². The molecule has 29 heavy (non-hydrogen) atoms. The first-order valence-corrected chi connectivity index (χ1v) is 11.5. The highest BCUT2D eigenvalue weighted by Gasteiger charge is 2.30. The highest BCUT2D eigenvalue weighted by molar-refractivity contribution is 7.89. The number of phenolic OH excluding ortho intramolecular Hbond substituents is 1. The molecule has 154 valence electrons. The van der Waals surface area contributed by atoms with Gasteiger partial charge in [-0.3, -0.25) is 4.90 Å². The summed E-state index contributed by atoms with van der Waals surface area (Å²) in [5, 5.41) is 10.4. The standard InChI is InChI=1S/C20H22N2O5S2/c1-13-9-19(14(2)28-13)29(25,26)22-7-5-21(6-8-22)12-15-10-20(24)27-18-11-16(23)3-4-17(15)18/h3-4,9-11,23H,5-8,12H2,1-2H3. The summed E-state index contributed by atoms with van der Waals surface area (Å²) in [6.07, 6.45) is 0. The Labute approximate surface area is 172 Å². The van der Waals surface area contributed by atoms with Gasteiger partial charge in [0.2, 0.25) is 10.0 Å². The smallest absolute Gasteiger partial charge is 0.336 e. The zero-order valence-electron chi connectivity index (χ0n) is 16.2. The topological polar surface area (TPSA) is 91.1 Å². The Bertz CT molecular complexity index is 1220. The quantitative estimate of drug-likeness (QED) is 0.635. The van der Waals surface area contributed by atoms with Gasteiger partial charge >= 0.3 is 5.63 Å². The lowest BCUT2D eigenvalue weighted by Gasteiger charge is -2.34. The molecule has 1 fully saturated rings. The Morgan fingerprint density at radius 1 is 1.10 bits per heavy atom. The molecule has 1 aromatic carbocycles. The molecule has 7 nitrogen and oxygen atoms in total. The molecule has 1 N–H and O–H groups in total. The Hall–Kier alpha value is -2.20. The van der Waals surface area contributed by atoms with Gasteiger partial charge in [0.05, 0.1) is 4.90 Å². The molecule has 0 atom stereocenters. The van der Waals surface area contributed by atoms with Crippen molar-refractivity contribution in [2.24, 2.45) is 0 Å². The number of hydrogen-bond acceptors (Lipinski definition) is 7. The Morgan fingerprint density at radius 2 is 1.83 bits per heavy atom. The molecule has 3 aromatic rings. The molecule has 2 aromatic heterocycles. The summed E-state index contributed by atoms with van der Waals surface area (Å²) in [6, 6.07) is 7.91. The third-order valence-corrected chi connectivity index (χ3v) is 8.27. The van der Waals surface area contributed by atoms with Crippen LogP contribution in [0.5, 0.6) is 5.75 Å². The molecule has 9 heteroatoms. The first-order chi connectivity index (χ1) is 13.7. The highest BCUT2D eigenvalue weighted by Crippen LogP contribution is 2.29. The lowest BCUT2D eigenvalue weighted by Crippen LogP contribution is -2.48. The summed E-state index contributed by atoms with van der Waals surface area (Å²) in [6.45, 7) is 6.20. The van der Waals surface area contributed by atoms with Crippen molar-refractivity contribution in [3.63, 3.8) is 0 Å². The first kappa shape index (κ1) is 20.1. The molecule has 1 saturated heterocycles. The van der Waals surface area contributed by atoms with E-state index in [9.17, 15) is 18.3 Å². The normalized spacial score (nSPS) is 16.5. The van der Waals surface area contributed by atoms with Crippen LogP contribution in [0.3, 0.4) is 0 Å². The number of phenols is 1. The summed E-state index contributed by atoms with van der Waals surface area (Å²) < 4.78 is 32.7. The molecule has 0 aliphatic carbocycles. The van der Waals surface area contributed by atoms with Crippen molar-refractivity contribution in [3.05, 3.63) is 56.1 Å². The average molecular weight is 435 g/mol. The fourth-order valence-corrected chi connectivity index (χ4v) is 6.67. The largest absolute Gasteiger partial charge is 0.508 e. The number of benzene rings is 1. The second-order valence-electron chi connectivity index (χ2n) is 7.23. The minimum Gasteiger partial charge on any atom is -0.508 e. The maximum Gasteiger partial charge on any atom is 0.336 e. The molecule has 1 aliphatic heterocycles. The number of sulfonamides is 1. The van der Waals surface area contributed by atoms with Gasteiger partial charge < -0.3 is 9.52 Å². The van der Waals surface area contributed by atoms with Gasteiger partial charge in [-0.2, -0.15) is 4.31 Å². The number of aromatic hydroxyl groups is 1.